The number of methoxy groups -OCH3 is 1. The zero-order chi connectivity index (χ0) is 19.3. The Labute approximate surface area is 154 Å². The van der Waals surface area contributed by atoms with E-state index in [-0.39, 0.29) is 5.91 Å². The maximum absolute atomic E-state index is 12.7. The number of amides is 1. The molecule has 0 aliphatic carbocycles. The molecule has 26 heavy (non-hydrogen) atoms. The van der Waals surface area contributed by atoms with Gasteiger partial charge in [0.25, 0.3) is 5.91 Å². The van der Waals surface area contributed by atoms with Crippen molar-refractivity contribution in [3.8, 4) is 5.75 Å². The smallest absolute Gasteiger partial charge is 0.337 e. The van der Waals surface area contributed by atoms with Crippen LogP contribution in [0, 0.1) is 20.8 Å². The van der Waals surface area contributed by atoms with Crippen molar-refractivity contribution in [3.05, 3.63) is 58.7 Å². The van der Waals surface area contributed by atoms with Crippen molar-refractivity contribution in [3.63, 3.8) is 0 Å². The fourth-order valence-corrected chi connectivity index (χ4v) is 2.62. The first-order chi connectivity index (χ1) is 12.3. The Bertz CT molecular complexity index is 814. The number of hydrogen-bond donors (Lipinski definition) is 1. The molecule has 2 aromatic carbocycles. The molecule has 0 saturated carbocycles. The number of hydrogen-bond acceptors (Lipinski definition) is 4. The second-order valence-electron chi connectivity index (χ2n) is 6.29. The van der Waals surface area contributed by atoms with Crippen molar-refractivity contribution in [1.29, 1.82) is 0 Å². The van der Waals surface area contributed by atoms with Gasteiger partial charge in [0, 0.05) is 5.69 Å². The maximum atomic E-state index is 12.7. The van der Waals surface area contributed by atoms with Crippen LogP contribution in [0.5, 0.6) is 5.75 Å². The van der Waals surface area contributed by atoms with Gasteiger partial charge in [0.15, 0.2) is 6.10 Å². The predicted molar refractivity (Wildman–Crippen MR) is 102 cm³/mol. The molecule has 0 heterocycles. The van der Waals surface area contributed by atoms with Gasteiger partial charge in [0.2, 0.25) is 0 Å². The van der Waals surface area contributed by atoms with E-state index in [1.807, 2.05) is 45.9 Å². The van der Waals surface area contributed by atoms with Crippen molar-refractivity contribution in [2.24, 2.45) is 0 Å². The minimum Gasteiger partial charge on any atom is -0.480 e. The van der Waals surface area contributed by atoms with Crippen molar-refractivity contribution in [1.82, 2.24) is 0 Å². The number of ether oxygens (including phenoxy) is 2. The third-order valence-electron chi connectivity index (χ3n) is 4.18. The summed E-state index contributed by atoms with van der Waals surface area (Å²) in [7, 11) is 1.32. The Hall–Kier alpha value is -2.82. The molecule has 0 aliphatic rings. The molecule has 1 N–H and O–H groups in total. The number of anilines is 1. The Morgan fingerprint density at radius 2 is 1.77 bits per heavy atom. The number of aryl methyl sites for hydroxylation is 3. The van der Waals surface area contributed by atoms with Gasteiger partial charge in [-0.1, -0.05) is 30.7 Å². The molecule has 0 bridgehead atoms. The van der Waals surface area contributed by atoms with E-state index in [0.717, 1.165) is 16.7 Å². The topological polar surface area (TPSA) is 64.6 Å². The van der Waals surface area contributed by atoms with Gasteiger partial charge >= 0.3 is 5.97 Å². The van der Waals surface area contributed by atoms with Gasteiger partial charge in [-0.15, -0.1) is 0 Å². The summed E-state index contributed by atoms with van der Waals surface area (Å²) in [5.41, 5.74) is 3.94. The van der Waals surface area contributed by atoms with E-state index in [0.29, 0.717) is 23.4 Å². The molecule has 0 fully saturated rings. The molecule has 0 spiro atoms. The van der Waals surface area contributed by atoms with Gasteiger partial charge in [0.1, 0.15) is 5.75 Å². The maximum Gasteiger partial charge on any atom is 0.337 e. The van der Waals surface area contributed by atoms with Crippen LogP contribution in [-0.2, 0) is 9.53 Å². The molecule has 138 valence electrons. The quantitative estimate of drug-likeness (QED) is 0.789. The average molecular weight is 355 g/mol. The molecule has 2 aromatic rings. The molecule has 2 rings (SSSR count). The highest BCUT2D eigenvalue weighted by atomic mass is 16.5. The van der Waals surface area contributed by atoms with Crippen LogP contribution < -0.4 is 10.1 Å². The van der Waals surface area contributed by atoms with Crippen LogP contribution in [0.2, 0.25) is 0 Å². The Morgan fingerprint density at radius 1 is 1.04 bits per heavy atom. The van der Waals surface area contributed by atoms with Crippen LogP contribution in [-0.4, -0.2) is 25.1 Å². The van der Waals surface area contributed by atoms with Crippen LogP contribution in [0.25, 0.3) is 0 Å². The highest BCUT2D eigenvalue weighted by molar-refractivity contribution is 5.97. The van der Waals surface area contributed by atoms with Crippen molar-refractivity contribution < 1.29 is 19.1 Å². The zero-order valence-corrected chi connectivity index (χ0v) is 15.9. The third-order valence-corrected chi connectivity index (χ3v) is 4.18. The summed E-state index contributed by atoms with van der Waals surface area (Å²) in [5, 5.41) is 2.86. The molecule has 0 aliphatic heterocycles. The second kappa shape index (κ2) is 8.52. The summed E-state index contributed by atoms with van der Waals surface area (Å²) < 4.78 is 10.6. The van der Waals surface area contributed by atoms with Crippen molar-refractivity contribution in [2.45, 2.75) is 40.2 Å². The summed E-state index contributed by atoms with van der Waals surface area (Å²) in [5.74, 6) is -0.00528. The Balaban J connectivity index is 2.17. The standard InChI is InChI=1S/C21H25NO4/c1-6-18(26-19-10-7-13(2)11-15(19)4)20(23)22-17-12-16(21(24)25-5)9-8-14(17)3/h7-12,18H,6H2,1-5H3,(H,22,23)/t18-/m0/s1. The average Bonchev–Trinajstić information content (AvgIpc) is 2.62. The van der Waals surface area contributed by atoms with E-state index in [1.54, 1.807) is 18.2 Å². The first-order valence-electron chi connectivity index (χ1n) is 8.59. The molecule has 5 heteroatoms. The predicted octanol–water partition coefficient (Wildman–Crippen LogP) is 4.19. The van der Waals surface area contributed by atoms with E-state index in [4.69, 9.17) is 9.47 Å². The van der Waals surface area contributed by atoms with Crippen LogP contribution in [0.1, 0.15) is 40.4 Å². The highest BCUT2D eigenvalue weighted by Gasteiger charge is 2.20. The Kier molecular flexibility index (Phi) is 6.39. The first-order valence-corrected chi connectivity index (χ1v) is 8.59. The summed E-state index contributed by atoms with van der Waals surface area (Å²) >= 11 is 0. The lowest BCUT2D eigenvalue weighted by atomic mass is 10.1. The second-order valence-corrected chi connectivity index (χ2v) is 6.29. The fraction of sp³-hybridized carbons (Fsp3) is 0.333. The zero-order valence-electron chi connectivity index (χ0n) is 15.9. The van der Waals surface area contributed by atoms with Gasteiger partial charge in [-0.3, -0.25) is 4.79 Å². The van der Waals surface area contributed by atoms with E-state index in [9.17, 15) is 9.59 Å². The van der Waals surface area contributed by atoms with E-state index in [2.05, 4.69) is 5.32 Å². The highest BCUT2D eigenvalue weighted by Crippen LogP contribution is 2.22. The number of esters is 1. The van der Waals surface area contributed by atoms with Gasteiger partial charge in [-0.2, -0.15) is 0 Å². The number of carbonyl (C=O) groups is 2. The molecule has 0 radical (unpaired) electrons. The van der Waals surface area contributed by atoms with Gasteiger partial charge in [-0.25, -0.2) is 4.79 Å². The minimum absolute atomic E-state index is 0.252. The molecule has 1 amide bonds. The number of benzene rings is 2. The summed E-state index contributed by atoms with van der Waals surface area (Å²) in [6.45, 7) is 7.73. The van der Waals surface area contributed by atoms with E-state index in [1.165, 1.54) is 7.11 Å². The summed E-state index contributed by atoms with van der Waals surface area (Å²) in [4.78, 5) is 24.4. The molecule has 0 unspecified atom stereocenters. The molecular formula is C21H25NO4. The van der Waals surface area contributed by atoms with Crippen molar-refractivity contribution in [2.75, 3.05) is 12.4 Å². The molecule has 5 nitrogen and oxygen atoms in total. The molecule has 0 aromatic heterocycles. The summed E-state index contributed by atoms with van der Waals surface area (Å²) in [6, 6.07) is 10.9. The minimum atomic E-state index is -0.627. The van der Waals surface area contributed by atoms with Crippen molar-refractivity contribution >= 4 is 17.6 Å². The number of nitrogens with one attached hydrogen (secondary N) is 1. The largest absolute Gasteiger partial charge is 0.480 e. The molecule has 1 atom stereocenters. The molecule has 0 saturated heterocycles. The van der Waals surface area contributed by atoms with Gasteiger partial charge in [-0.05, 0) is 56.5 Å². The van der Waals surface area contributed by atoms with Gasteiger partial charge in [0.05, 0.1) is 12.7 Å². The normalized spacial score (nSPS) is 11.6. The fourth-order valence-electron chi connectivity index (χ4n) is 2.62. The summed E-state index contributed by atoms with van der Waals surface area (Å²) in [6.07, 6.45) is -0.105. The monoisotopic (exact) mass is 355 g/mol. The van der Waals surface area contributed by atoms with Crippen LogP contribution in [0.15, 0.2) is 36.4 Å². The lowest BCUT2D eigenvalue weighted by molar-refractivity contribution is -0.122. The van der Waals surface area contributed by atoms with E-state index < -0.39 is 12.1 Å². The SMILES string of the molecule is CC[C@H](Oc1ccc(C)cc1C)C(=O)Nc1cc(C(=O)OC)ccc1C. The van der Waals surface area contributed by atoms with Gasteiger partial charge < -0.3 is 14.8 Å². The Morgan fingerprint density at radius 3 is 2.38 bits per heavy atom. The van der Waals surface area contributed by atoms with Crippen LogP contribution in [0.3, 0.4) is 0 Å². The van der Waals surface area contributed by atoms with Crippen LogP contribution >= 0.6 is 0 Å². The lowest BCUT2D eigenvalue weighted by Gasteiger charge is -2.19. The van der Waals surface area contributed by atoms with E-state index >= 15 is 0 Å². The number of rotatable bonds is 6. The first kappa shape index (κ1) is 19.5. The number of carbonyl (C=O) groups excluding carboxylic acids is 2. The lowest BCUT2D eigenvalue weighted by Crippen LogP contribution is -2.32. The molecular weight excluding hydrogens is 330 g/mol. The third kappa shape index (κ3) is 4.63. The van der Waals surface area contributed by atoms with Crippen LogP contribution in [0.4, 0.5) is 5.69 Å².